The molecule has 3 N–H and O–H groups in total. The average Bonchev–Trinajstić information content (AvgIpc) is 2.40. The Kier molecular flexibility index (Phi) is 8.14. The molecule has 18 heavy (non-hydrogen) atoms. The third-order valence-electron chi connectivity index (χ3n) is 3.18. The highest BCUT2D eigenvalue weighted by Crippen LogP contribution is 2.23. The lowest BCUT2D eigenvalue weighted by molar-refractivity contribution is 0.501. The highest BCUT2D eigenvalue weighted by molar-refractivity contribution is 7.99. The molecule has 0 aromatic heterocycles. The van der Waals surface area contributed by atoms with E-state index in [1.54, 1.807) is 0 Å². The third kappa shape index (κ3) is 5.89. The SMILES string of the molecule is CCCCCCC(CSc1ccccc1C)NN. The van der Waals surface area contributed by atoms with E-state index < -0.39 is 0 Å². The summed E-state index contributed by atoms with van der Waals surface area (Å²) < 4.78 is 0. The predicted octanol–water partition coefficient (Wildman–Crippen LogP) is 3.89. The zero-order chi connectivity index (χ0) is 13.2. The van der Waals surface area contributed by atoms with Crippen LogP contribution in [0.3, 0.4) is 0 Å². The van der Waals surface area contributed by atoms with E-state index in [1.165, 1.54) is 42.6 Å². The Bertz CT molecular complexity index is 328. The van der Waals surface area contributed by atoms with E-state index in [9.17, 15) is 0 Å². The largest absolute Gasteiger partial charge is 0.271 e. The normalized spacial score (nSPS) is 12.6. The number of thioether (sulfide) groups is 1. The van der Waals surface area contributed by atoms with Crippen molar-refractivity contribution in [1.82, 2.24) is 5.43 Å². The molecule has 102 valence electrons. The van der Waals surface area contributed by atoms with Crippen LogP contribution in [0.1, 0.15) is 44.6 Å². The van der Waals surface area contributed by atoms with Gasteiger partial charge in [-0.1, -0.05) is 50.8 Å². The topological polar surface area (TPSA) is 38.0 Å². The van der Waals surface area contributed by atoms with E-state index in [2.05, 4.69) is 43.5 Å². The Morgan fingerprint density at radius 1 is 1.22 bits per heavy atom. The van der Waals surface area contributed by atoms with Gasteiger partial charge >= 0.3 is 0 Å². The average molecular weight is 266 g/mol. The second kappa shape index (κ2) is 9.42. The van der Waals surface area contributed by atoms with Gasteiger partial charge in [-0.15, -0.1) is 11.8 Å². The maximum absolute atomic E-state index is 5.63. The van der Waals surface area contributed by atoms with Crippen molar-refractivity contribution in [1.29, 1.82) is 0 Å². The Morgan fingerprint density at radius 3 is 2.67 bits per heavy atom. The zero-order valence-corrected chi connectivity index (χ0v) is 12.4. The number of rotatable bonds is 9. The summed E-state index contributed by atoms with van der Waals surface area (Å²) in [5.41, 5.74) is 4.30. The van der Waals surface area contributed by atoms with Crippen molar-refractivity contribution in [3.8, 4) is 0 Å². The third-order valence-corrected chi connectivity index (χ3v) is 4.51. The fourth-order valence-electron chi connectivity index (χ4n) is 1.94. The number of aryl methyl sites for hydroxylation is 1. The van der Waals surface area contributed by atoms with Crippen molar-refractivity contribution in [3.63, 3.8) is 0 Å². The van der Waals surface area contributed by atoms with Gasteiger partial charge in [0.1, 0.15) is 0 Å². The zero-order valence-electron chi connectivity index (χ0n) is 11.6. The van der Waals surface area contributed by atoms with Crippen LogP contribution in [0.5, 0.6) is 0 Å². The fraction of sp³-hybridized carbons (Fsp3) is 0.600. The molecule has 0 radical (unpaired) electrons. The summed E-state index contributed by atoms with van der Waals surface area (Å²) >= 11 is 1.90. The summed E-state index contributed by atoms with van der Waals surface area (Å²) in [4.78, 5) is 1.37. The van der Waals surface area contributed by atoms with Crippen LogP contribution in [0, 0.1) is 6.92 Å². The van der Waals surface area contributed by atoms with Crippen LogP contribution in [0.15, 0.2) is 29.2 Å². The molecule has 0 amide bonds. The van der Waals surface area contributed by atoms with E-state index >= 15 is 0 Å². The van der Waals surface area contributed by atoms with E-state index in [1.807, 2.05) is 11.8 Å². The van der Waals surface area contributed by atoms with Crippen molar-refractivity contribution < 1.29 is 0 Å². The van der Waals surface area contributed by atoms with Crippen LogP contribution in [0.25, 0.3) is 0 Å². The maximum atomic E-state index is 5.63. The molecule has 1 aromatic carbocycles. The highest BCUT2D eigenvalue weighted by Gasteiger charge is 2.07. The number of nitrogens with one attached hydrogen (secondary N) is 1. The molecule has 1 aromatic rings. The first kappa shape index (κ1) is 15.5. The van der Waals surface area contributed by atoms with Crippen LogP contribution in [0.4, 0.5) is 0 Å². The van der Waals surface area contributed by atoms with Crippen molar-refractivity contribution in [2.24, 2.45) is 5.84 Å². The van der Waals surface area contributed by atoms with E-state index in [4.69, 9.17) is 5.84 Å². The number of hydrogen-bond acceptors (Lipinski definition) is 3. The molecule has 1 atom stereocenters. The number of unbranched alkanes of at least 4 members (excludes halogenated alkanes) is 3. The molecule has 0 heterocycles. The summed E-state index contributed by atoms with van der Waals surface area (Å²) in [6, 6.07) is 8.95. The van der Waals surface area contributed by atoms with Gasteiger partial charge in [-0.05, 0) is 25.0 Å². The van der Waals surface area contributed by atoms with Crippen LogP contribution in [-0.2, 0) is 0 Å². The molecule has 3 heteroatoms. The Balaban J connectivity index is 2.29. The minimum Gasteiger partial charge on any atom is -0.271 e. The first-order valence-corrected chi connectivity index (χ1v) is 7.91. The lowest BCUT2D eigenvalue weighted by atomic mass is 10.1. The van der Waals surface area contributed by atoms with E-state index in [-0.39, 0.29) is 0 Å². The molecule has 0 aliphatic carbocycles. The monoisotopic (exact) mass is 266 g/mol. The van der Waals surface area contributed by atoms with Crippen molar-refractivity contribution in [3.05, 3.63) is 29.8 Å². The first-order valence-electron chi connectivity index (χ1n) is 6.92. The van der Waals surface area contributed by atoms with Gasteiger partial charge in [0.2, 0.25) is 0 Å². The van der Waals surface area contributed by atoms with E-state index in [0.717, 1.165) is 5.75 Å². The molecular weight excluding hydrogens is 240 g/mol. The Hall–Kier alpha value is -0.510. The molecule has 0 fully saturated rings. The molecule has 0 spiro atoms. The Labute approximate surface area is 116 Å². The standard InChI is InChI=1S/C15H26N2S/c1-3-4-5-6-10-14(17-16)12-18-15-11-8-7-9-13(15)2/h7-9,11,14,17H,3-6,10,12,16H2,1-2H3. The second-order valence-corrected chi connectivity index (χ2v) is 5.85. The molecular formula is C15H26N2S. The number of benzene rings is 1. The number of nitrogens with two attached hydrogens (primary N) is 1. The smallest absolute Gasteiger partial charge is 0.0304 e. The van der Waals surface area contributed by atoms with Crippen LogP contribution < -0.4 is 11.3 Å². The summed E-state index contributed by atoms with van der Waals surface area (Å²) in [6.07, 6.45) is 6.40. The highest BCUT2D eigenvalue weighted by atomic mass is 32.2. The molecule has 0 aliphatic heterocycles. The summed E-state index contributed by atoms with van der Waals surface area (Å²) in [5, 5.41) is 0. The van der Waals surface area contributed by atoms with Crippen LogP contribution in [-0.4, -0.2) is 11.8 Å². The lowest BCUT2D eigenvalue weighted by Crippen LogP contribution is -2.36. The molecule has 0 bridgehead atoms. The summed E-state index contributed by atoms with van der Waals surface area (Å²) in [5.74, 6) is 6.68. The van der Waals surface area contributed by atoms with Gasteiger partial charge in [-0.2, -0.15) is 0 Å². The minimum atomic E-state index is 0.423. The number of hydrogen-bond donors (Lipinski definition) is 2. The molecule has 0 saturated carbocycles. The van der Waals surface area contributed by atoms with Gasteiger partial charge in [0, 0.05) is 16.7 Å². The predicted molar refractivity (Wildman–Crippen MR) is 81.8 cm³/mol. The maximum Gasteiger partial charge on any atom is 0.0304 e. The Morgan fingerprint density at radius 2 is 2.00 bits per heavy atom. The minimum absolute atomic E-state index is 0.423. The first-order chi connectivity index (χ1) is 8.77. The van der Waals surface area contributed by atoms with Crippen molar-refractivity contribution >= 4 is 11.8 Å². The van der Waals surface area contributed by atoms with Crippen LogP contribution >= 0.6 is 11.8 Å². The van der Waals surface area contributed by atoms with E-state index in [0.29, 0.717) is 6.04 Å². The van der Waals surface area contributed by atoms with Crippen molar-refractivity contribution in [2.45, 2.75) is 56.9 Å². The van der Waals surface area contributed by atoms with Crippen LogP contribution in [0.2, 0.25) is 0 Å². The number of hydrazine groups is 1. The summed E-state index contributed by atoms with van der Waals surface area (Å²) in [6.45, 7) is 4.40. The van der Waals surface area contributed by atoms with Gasteiger partial charge in [0.25, 0.3) is 0 Å². The molecule has 1 rings (SSSR count). The quantitative estimate of drug-likeness (QED) is 0.308. The van der Waals surface area contributed by atoms with Crippen molar-refractivity contribution in [2.75, 3.05) is 5.75 Å². The van der Waals surface area contributed by atoms with Gasteiger partial charge in [-0.3, -0.25) is 11.3 Å². The fourth-order valence-corrected chi connectivity index (χ4v) is 3.06. The van der Waals surface area contributed by atoms with Gasteiger partial charge < -0.3 is 0 Å². The van der Waals surface area contributed by atoms with Gasteiger partial charge in [0.05, 0.1) is 0 Å². The summed E-state index contributed by atoms with van der Waals surface area (Å²) in [7, 11) is 0. The molecule has 1 unspecified atom stereocenters. The van der Waals surface area contributed by atoms with Gasteiger partial charge in [-0.25, -0.2) is 0 Å². The lowest BCUT2D eigenvalue weighted by Gasteiger charge is -2.16. The second-order valence-electron chi connectivity index (χ2n) is 4.79. The molecule has 2 nitrogen and oxygen atoms in total. The molecule has 0 aliphatic rings. The molecule has 0 saturated heterocycles. The van der Waals surface area contributed by atoms with Gasteiger partial charge in [0.15, 0.2) is 0 Å².